The van der Waals surface area contributed by atoms with E-state index in [9.17, 15) is 4.79 Å². The van der Waals surface area contributed by atoms with Crippen LogP contribution in [0.5, 0.6) is 0 Å². The molecule has 1 rings (SSSR count). The van der Waals surface area contributed by atoms with E-state index >= 15 is 0 Å². The zero-order valence-electron chi connectivity index (χ0n) is 12.1. The number of hydrogen-bond donors (Lipinski definition) is 2. The first-order valence-corrected chi connectivity index (χ1v) is 7.05. The molecule has 0 aliphatic heterocycles. The van der Waals surface area contributed by atoms with E-state index in [1.807, 2.05) is 26.0 Å². The molecule has 0 aliphatic rings. The Morgan fingerprint density at radius 1 is 1.32 bits per heavy atom. The Balaban J connectivity index is 2.49. The standard InChI is InChI=1S/C15H23ClN2O/c1-10(2)9-17-6-5-14(19)18-15-12(4)7-11(3)8-13(15)16/h7-8,10,17H,5-6,9H2,1-4H3,(H,18,19). The summed E-state index contributed by atoms with van der Waals surface area (Å²) in [5.41, 5.74) is 2.81. The number of aryl methyl sites for hydroxylation is 2. The summed E-state index contributed by atoms with van der Waals surface area (Å²) < 4.78 is 0. The minimum Gasteiger partial charge on any atom is -0.325 e. The first-order chi connectivity index (χ1) is 8.90. The van der Waals surface area contributed by atoms with E-state index in [0.29, 0.717) is 23.9 Å². The zero-order valence-corrected chi connectivity index (χ0v) is 12.9. The Bertz CT molecular complexity index is 421. The van der Waals surface area contributed by atoms with Crippen molar-refractivity contribution >= 4 is 23.2 Å². The number of rotatable bonds is 6. The van der Waals surface area contributed by atoms with Crippen LogP contribution in [0.15, 0.2) is 12.1 Å². The number of carbonyl (C=O) groups excluding carboxylic acids is 1. The lowest BCUT2D eigenvalue weighted by Crippen LogP contribution is -2.25. The first-order valence-electron chi connectivity index (χ1n) is 6.67. The molecule has 0 heterocycles. The third kappa shape index (κ3) is 5.62. The van der Waals surface area contributed by atoms with Gasteiger partial charge in [0.2, 0.25) is 5.91 Å². The van der Waals surface area contributed by atoms with Gasteiger partial charge in [-0.25, -0.2) is 0 Å². The smallest absolute Gasteiger partial charge is 0.225 e. The molecular weight excluding hydrogens is 260 g/mol. The van der Waals surface area contributed by atoms with E-state index in [-0.39, 0.29) is 5.91 Å². The summed E-state index contributed by atoms with van der Waals surface area (Å²) in [5, 5.41) is 6.73. The van der Waals surface area contributed by atoms with Gasteiger partial charge in [-0.15, -0.1) is 0 Å². The van der Waals surface area contributed by atoms with Crippen molar-refractivity contribution in [1.82, 2.24) is 5.32 Å². The molecule has 0 fully saturated rings. The number of carbonyl (C=O) groups is 1. The summed E-state index contributed by atoms with van der Waals surface area (Å²) in [5.74, 6) is 0.585. The molecule has 1 aromatic carbocycles. The second kappa shape index (κ2) is 7.51. The molecule has 0 saturated heterocycles. The number of nitrogens with one attached hydrogen (secondary N) is 2. The molecule has 1 amide bonds. The lowest BCUT2D eigenvalue weighted by atomic mass is 10.1. The van der Waals surface area contributed by atoms with Crippen molar-refractivity contribution in [2.24, 2.45) is 5.92 Å². The molecule has 2 N–H and O–H groups in total. The summed E-state index contributed by atoms with van der Waals surface area (Å²) in [6.45, 7) is 9.83. The maximum atomic E-state index is 11.8. The number of anilines is 1. The highest BCUT2D eigenvalue weighted by Gasteiger charge is 2.09. The minimum atomic E-state index is -0.00916. The summed E-state index contributed by atoms with van der Waals surface area (Å²) in [4.78, 5) is 11.8. The Morgan fingerprint density at radius 2 is 2.00 bits per heavy atom. The summed E-state index contributed by atoms with van der Waals surface area (Å²) in [6, 6.07) is 3.87. The molecule has 0 saturated carbocycles. The van der Waals surface area contributed by atoms with Gasteiger partial charge >= 0.3 is 0 Å². The Kier molecular flexibility index (Phi) is 6.32. The lowest BCUT2D eigenvalue weighted by molar-refractivity contribution is -0.116. The van der Waals surface area contributed by atoms with Crippen molar-refractivity contribution in [2.75, 3.05) is 18.4 Å². The zero-order chi connectivity index (χ0) is 14.4. The highest BCUT2D eigenvalue weighted by molar-refractivity contribution is 6.34. The van der Waals surface area contributed by atoms with Gasteiger partial charge in [-0.3, -0.25) is 4.79 Å². The molecular formula is C15H23ClN2O. The number of benzene rings is 1. The first kappa shape index (κ1) is 16.0. The van der Waals surface area contributed by atoms with E-state index in [1.165, 1.54) is 0 Å². The maximum absolute atomic E-state index is 11.8. The van der Waals surface area contributed by atoms with Gasteiger partial charge in [0.25, 0.3) is 0 Å². The summed E-state index contributed by atoms with van der Waals surface area (Å²) in [7, 11) is 0. The quantitative estimate of drug-likeness (QED) is 0.784. The molecule has 0 unspecified atom stereocenters. The van der Waals surface area contributed by atoms with Crippen molar-refractivity contribution in [2.45, 2.75) is 34.1 Å². The van der Waals surface area contributed by atoms with Crippen molar-refractivity contribution in [1.29, 1.82) is 0 Å². The SMILES string of the molecule is Cc1cc(C)c(NC(=O)CCNCC(C)C)c(Cl)c1. The molecule has 106 valence electrons. The van der Waals surface area contributed by atoms with Gasteiger partial charge in [0.1, 0.15) is 0 Å². The van der Waals surface area contributed by atoms with Crippen LogP contribution in [0.25, 0.3) is 0 Å². The van der Waals surface area contributed by atoms with Crippen LogP contribution in [0.4, 0.5) is 5.69 Å². The van der Waals surface area contributed by atoms with Crippen molar-refractivity contribution < 1.29 is 4.79 Å². The van der Waals surface area contributed by atoms with Gasteiger partial charge in [0.05, 0.1) is 10.7 Å². The number of halogens is 1. The van der Waals surface area contributed by atoms with Crippen LogP contribution in [-0.4, -0.2) is 19.0 Å². The Morgan fingerprint density at radius 3 is 2.58 bits per heavy atom. The Labute approximate surface area is 120 Å². The molecule has 19 heavy (non-hydrogen) atoms. The van der Waals surface area contributed by atoms with Crippen LogP contribution in [0.1, 0.15) is 31.4 Å². The summed E-state index contributed by atoms with van der Waals surface area (Å²) >= 11 is 6.15. The molecule has 1 aromatic rings. The normalized spacial score (nSPS) is 10.8. The minimum absolute atomic E-state index is 0.00916. The monoisotopic (exact) mass is 282 g/mol. The molecule has 0 bridgehead atoms. The fourth-order valence-electron chi connectivity index (χ4n) is 1.87. The molecule has 3 nitrogen and oxygen atoms in total. The van der Waals surface area contributed by atoms with Gasteiger partial charge in [-0.1, -0.05) is 31.5 Å². The van der Waals surface area contributed by atoms with Crippen molar-refractivity contribution in [3.8, 4) is 0 Å². The average molecular weight is 283 g/mol. The maximum Gasteiger partial charge on any atom is 0.225 e. The van der Waals surface area contributed by atoms with Crippen molar-refractivity contribution in [3.05, 3.63) is 28.3 Å². The highest BCUT2D eigenvalue weighted by Crippen LogP contribution is 2.27. The van der Waals surface area contributed by atoms with Gasteiger partial charge in [0, 0.05) is 13.0 Å². The number of hydrogen-bond acceptors (Lipinski definition) is 2. The van der Waals surface area contributed by atoms with E-state index in [4.69, 9.17) is 11.6 Å². The van der Waals surface area contributed by atoms with Gasteiger partial charge in [0.15, 0.2) is 0 Å². The molecule has 0 spiro atoms. The molecule has 0 aliphatic carbocycles. The highest BCUT2D eigenvalue weighted by atomic mass is 35.5. The van der Waals surface area contributed by atoms with E-state index < -0.39 is 0 Å². The van der Waals surface area contributed by atoms with Crippen LogP contribution >= 0.6 is 11.6 Å². The molecule has 4 heteroatoms. The third-order valence-electron chi connectivity index (χ3n) is 2.78. The summed E-state index contributed by atoms with van der Waals surface area (Å²) in [6.07, 6.45) is 0.455. The molecule has 0 atom stereocenters. The molecule has 0 radical (unpaired) electrons. The van der Waals surface area contributed by atoms with Crippen molar-refractivity contribution in [3.63, 3.8) is 0 Å². The largest absolute Gasteiger partial charge is 0.325 e. The molecule has 0 aromatic heterocycles. The van der Waals surface area contributed by atoms with Gasteiger partial charge in [-0.05, 0) is 43.5 Å². The van der Waals surface area contributed by atoms with E-state index in [1.54, 1.807) is 0 Å². The fraction of sp³-hybridized carbons (Fsp3) is 0.533. The van der Waals surface area contributed by atoms with Crippen LogP contribution in [0, 0.1) is 19.8 Å². The lowest BCUT2D eigenvalue weighted by Gasteiger charge is -2.12. The second-order valence-electron chi connectivity index (χ2n) is 5.33. The topological polar surface area (TPSA) is 41.1 Å². The van der Waals surface area contributed by atoms with Crippen LogP contribution in [-0.2, 0) is 4.79 Å². The van der Waals surface area contributed by atoms with Crippen LogP contribution in [0.2, 0.25) is 5.02 Å². The van der Waals surface area contributed by atoms with Gasteiger partial charge in [-0.2, -0.15) is 0 Å². The predicted octanol–water partition coefficient (Wildman–Crippen LogP) is 3.53. The Hall–Kier alpha value is -1.06. The van der Waals surface area contributed by atoms with Crippen LogP contribution < -0.4 is 10.6 Å². The second-order valence-corrected chi connectivity index (χ2v) is 5.74. The predicted molar refractivity (Wildman–Crippen MR) is 81.9 cm³/mol. The average Bonchev–Trinajstić information content (AvgIpc) is 2.29. The number of amides is 1. The fourth-order valence-corrected chi connectivity index (χ4v) is 2.24. The van der Waals surface area contributed by atoms with Gasteiger partial charge < -0.3 is 10.6 Å². The third-order valence-corrected chi connectivity index (χ3v) is 3.08. The van der Waals surface area contributed by atoms with Crippen LogP contribution in [0.3, 0.4) is 0 Å². The van der Waals surface area contributed by atoms with E-state index in [0.717, 1.165) is 23.4 Å². The van der Waals surface area contributed by atoms with E-state index in [2.05, 4.69) is 24.5 Å².